The number of piperidine rings is 1. The number of hydrazine groups is 1. The van der Waals surface area contributed by atoms with Crippen LogP contribution in [0.25, 0.3) is 0 Å². The largest absolute Gasteiger partial charge is 0.304 e. The molecule has 0 bridgehead atoms. The Bertz CT molecular complexity index is 977. The van der Waals surface area contributed by atoms with Crippen LogP contribution in [0.4, 0.5) is 10.1 Å². The van der Waals surface area contributed by atoms with Crippen LogP contribution in [-0.2, 0) is 16.6 Å². The number of hydrogen-bond donors (Lipinski definition) is 2. The highest BCUT2D eigenvalue weighted by molar-refractivity contribution is 7.93. The molecule has 1 aliphatic heterocycles. The van der Waals surface area contributed by atoms with Gasteiger partial charge in [-0.15, -0.1) is 0 Å². The van der Waals surface area contributed by atoms with Gasteiger partial charge in [0.25, 0.3) is 5.91 Å². The second-order valence-electron chi connectivity index (χ2n) is 7.30. The molecule has 3 N–H and O–H groups in total. The van der Waals surface area contributed by atoms with E-state index in [4.69, 9.17) is 5.84 Å². The Kier molecular flexibility index (Phi) is 7.06. The van der Waals surface area contributed by atoms with Crippen molar-refractivity contribution in [2.75, 3.05) is 23.9 Å². The SMILES string of the molecule is CCN1CCC(S(=O)(=O)N(Cc2ccc(C(=O)NN)cc2F)c2ccccc2)CC1. The lowest BCUT2D eigenvalue weighted by molar-refractivity contribution is 0.0953. The first-order valence-corrected chi connectivity index (χ1v) is 11.5. The Morgan fingerprint density at radius 3 is 2.43 bits per heavy atom. The van der Waals surface area contributed by atoms with E-state index in [-0.39, 0.29) is 17.7 Å². The van der Waals surface area contributed by atoms with E-state index < -0.39 is 27.0 Å². The molecular weight excluding hydrogens is 407 g/mol. The van der Waals surface area contributed by atoms with Crippen molar-refractivity contribution in [1.82, 2.24) is 10.3 Å². The van der Waals surface area contributed by atoms with Crippen molar-refractivity contribution in [3.63, 3.8) is 0 Å². The zero-order valence-electron chi connectivity index (χ0n) is 16.9. The number of amides is 1. The highest BCUT2D eigenvalue weighted by Gasteiger charge is 2.35. The lowest BCUT2D eigenvalue weighted by Crippen LogP contribution is -2.45. The molecule has 0 saturated carbocycles. The monoisotopic (exact) mass is 434 g/mol. The summed E-state index contributed by atoms with van der Waals surface area (Å²) in [5.74, 6) is 3.82. The molecule has 1 saturated heterocycles. The van der Waals surface area contributed by atoms with Crippen LogP contribution in [0, 0.1) is 5.82 Å². The third-order valence-electron chi connectivity index (χ3n) is 5.51. The molecule has 1 amide bonds. The van der Waals surface area contributed by atoms with Gasteiger partial charge in [-0.1, -0.05) is 31.2 Å². The second kappa shape index (κ2) is 9.55. The Hall–Kier alpha value is -2.49. The van der Waals surface area contributed by atoms with Crippen LogP contribution < -0.4 is 15.6 Å². The fourth-order valence-electron chi connectivity index (χ4n) is 3.68. The quantitative estimate of drug-likeness (QED) is 0.396. The summed E-state index contributed by atoms with van der Waals surface area (Å²) < 4.78 is 43.0. The van der Waals surface area contributed by atoms with Gasteiger partial charge in [0.15, 0.2) is 0 Å². The number of nitrogens with zero attached hydrogens (tertiary/aromatic N) is 2. The van der Waals surface area contributed by atoms with E-state index in [0.29, 0.717) is 18.5 Å². The first kappa shape index (κ1) is 22.2. The van der Waals surface area contributed by atoms with E-state index in [9.17, 15) is 17.6 Å². The van der Waals surface area contributed by atoms with Gasteiger partial charge < -0.3 is 4.90 Å². The Labute approximate surface area is 176 Å². The average Bonchev–Trinajstić information content (AvgIpc) is 2.78. The van der Waals surface area contributed by atoms with E-state index >= 15 is 0 Å². The predicted molar refractivity (Wildman–Crippen MR) is 115 cm³/mol. The van der Waals surface area contributed by atoms with Gasteiger partial charge in [-0.2, -0.15) is 0 Å². The van der Waals surface area contributed by atoms with Gasteiger partial charge in [0.05, 0.1) is 17.5 Å². The lowest BCUT2D eigenvalue weighted by Gasteiger charge is -2.35. The number of sulfonamides is 1. The van der Waals surface area contributed by atoms with Crippen molar-refractivity contribution in [2.45, 2.75) is 31.6 Å². The van der Waals surface area contributed by atoms with E-state index in [0.717, 1.165) is 25.7 Å². The second-order valence-corrected chi connectivity index (χ2v) is 9.44. The van der Waals surface area contributed by atoms with Crippen LogP contribution in [0.3, 0.4) is 0 Å². The summed E-state index contributed by atoms with van der Waals surface area (Å²) >= 11 is 0. The maximum Gasteiger partial charge on any atom is 0.265 e. The maximum atomic E-state index is 14.7. The van der Waals surface area contributed by atoms with Crippen LogP contribution in [0.5, 0.6) is 0 Å². The van der Waals surface area contributed by atoms with Gasteiger partial charge in [-0.05, 0) is 56.7 Å². The predicted octanol–water partition coefficient (Wildman–Crippen LogP) is 2.25. The molecule has 0 atom stereocenters. The Balaban J connectivity index is 1.92. The topological polar surface area (TPSA) is 95.7 Å². The minimum atomic E-state index is -3.71. The summed E-state index contributed by atoms with van der Waals surface area (Å²) in [7, 11) is -3.71. The third kappa shape index (κ3) is 4.80. The highest BCUT2D eigenvalue weighted by Crippen LogP contribution is 2.28. The molecule has 0 spiro atoms. The molecule has 1 fully saturated rings. The molecule has 0 aromatic heterocycles. The Morgan fingerprint density at radius 2 is 1.87 bits per heavy atom. The summed E-state index contributed by atoms with van der Waals surface area (Å²) in [5, 5.41) is -0.522. The van der Waals surface area contributed by atoms with Crippen LogP contribution >= 0.6 is 0 Å². The summed E-state index contributed by atoms with van der Waals surface area (Å²) in [6.45, 7) is 4.24. The smallest absolute Gasteiger partial charge is 0.265 e. The van der Waals surface area contributed by atoms with Crippen LogP contribution in [0.1, 0.15) is 35.7 Å². The zero-order valence-corrected chi connectivity index (χ0v) is 17.7. The number of likely N-dealkylation sites (tertiary alicyclic amines) is 1. The van der Waals surface area contributed by atoms with Gasteiger partial charge in [0.2, 0.25) is 10.0 Å². The summed E-state index contributed by atoms with van der Waals surface area (Å²) in [6.07, 6.45) is 1.08. The van der Waals surface area contributed by atoms with Crippen molar-refractivity contribution < 1.29 is 17.6 Å². The lowest BCUT2D eigenvalue weighted by atomic mass is 10.1. The molecule has 3 rings (SSSR count). The molecule has 9 heteroatoms. The molecule has 2 aromatic rings. The van der Waals surface area contributed by atoms with E-state index in [1.54, 1.807) is 30.3 Å². The average molecular weight is 435 g/mol. The van der Waals surface area contributed by atoms with Crippen LogP contribution in [0.15, 0.2) is 48.5 Å². The van der Waals surface area contributed by atoms with Gasteiger partial charge >= 0.3 is 0 Å². The first-order chi connectivity index (χ1) is 14.4. The van der Waals surface area contributed by atoms with Crippen LogP contribution in [0.2, 0.25) is 0 Å². The molecule has 2 aromatic carbocycles. The first-order valence-electron chi connectivity index (χ1n) is 9.95. The minimum absolute atomic E-state index is 0.0693. The van der Waals surface area contributed by atoms with Crippen molar-refractivity contribution in [3.8, 4) is 0 Å². The number of nitrogens with one attached hydrogen (secondary N) is 1. The molecule has 0 radical (unpaired) electrons. The molecule has 7 nitrogen and oxygen atoms in total. The van der Waals surface area contributed by atoms with Gasteiger partial charge in [0.1, 0.15) is 5.82 Å². The highest BCUT2D eigenvalue weighted by atomic mass is 32.2. The molecule has 1 heterocycles. The number of rotatable bonds is 7. The molecule has 162 valence electrons. The van der Waals surface area contributed by atoms with E-state index in [1.165, 1.54) is 16.4 Å². The third-order valence-corrected chi connectivity index (χ3v) is 7.78. The maximum absolute atomic E-state index is 14.7. The van der Waals surface area contributed by atoms with E-state index in [2.05, 4.69) is 11.8 Å². The Morgan fingerprint density at radius 1 is 1.20 bits per heavy atom. The zero-order chi connectivity index (χ0) is 21.7. The molecule has 1 aliphatic rings. The molecule has 0 unspecified atom stereocenters. The number of nitrogen functional groups attached to an aromatic ring is 1. The fraction of sp³-hybridized carbons (Fsp3) is 0.381. The number of halogens is 1. The summed E-state index contributed by atoms with van der Waals surface area (Å²) in [4.78, 5) is 13.8. The van der Waals surface area contributed by atoms with Gasteiger partial charge in [0, 0.05) is 11.1 Å². The summed E-state index contributed by atoms with van der Waals surface area (Å²) in [6, 6.07) is 12.6. The number of hydrogen-bond acceptors (Lipinski definition) is 5. The molecular formula is C21H27FN4O3S. The number of carbonyl (C=O) groups is 1. The van der Waals surface area contributed by atoms with Crippen LogP contribution in [-0.4, -0.2) is 44.1 Å². The van der Waals surface area contributed by atoms with Crippen molar-refractivity contribution >= 4 is 21.6 Å². The molecule has 0 aliphatic carbocycles. The van der Waals surface area contributed by atoms with Crippen molar-refractivity contribution in [2.24, 2.45) is 5.84 Å². The van der Waals surface area contributed by atoms with Crippen molar-refractivity contribution in [3.05, 3.63) is 65.5 Å². The van der Waals surface area contributed by atoms with Gasteiger partial charge in [-0.3, -0.25) is 14.5 Å². The van der Waals surface area contributed by atoms with Crippen molar-refractivity contribution in [1.29, 1.82) is 0 Å². The minimum Gasteiger partial charge on any atom is -0.304 e. The standard InChI is InChI=1S/C21H27FN4O3S/c1-2-25-12-10-19(11-13-25)30(28,29)26(18-6-4-3-5-7-18)15-17-9-8-16(14-20(17)22)21(27)24-23/h3-9,14,19H,2,10-13,15,23H2,1H3,(H,24,27). The number of carbonyl (C=O) groups excluding carboxylic acids is 1. The fourth-order valence-corrected chi connectivity index (χ4v) is 5.58. The normalized spacial score (nSPS) is 15.7. The number of anilines is 1. The number of benzene rings is 2. The molecule has 30 heavy (non-hydrogen) atoms. The van der Waals surface area contributed by atoms with Gasteiger partial charge in [-0.25, -0.2) is 18.7 Å². The number of nitrogens with two attached hydrogens (primary N) is 1. The summed E-state index contributed by atoms with van der Waals surface area (Å²) in [5.41, 5.74) is 2.69. The number of para-hydroxylation sites is 1. The van der Waals surface area contributed by atoms with E-state index in [1.807, 2.05) is 5.43 Å².